The molecule has 14 nitrogen and oxygen atoms in total. The van der Waals surface area contributed by atoms with Gasteiger partial charge in [-0.15, -0.1) is 31.8 Å². The van der Waals surface area contributed by atoms with Gasteiger partial charge in [-0.25, -0.2) is 0 Å². The number of nitrogens with zero attached hydrogens (tertiary/aromatic N) is 10. The van der Waals surface area contributed by atoms with Crippen LogP contribution in [0, 0.1) is 0 Å². The van der Waals surface area contributed by atoms with Crippen LogP contribution in [-0.2, 0) is 190 Å². The molecule has 0 radical (unpaired) electrons. The van der Waals surface area contributed by atoms with Crippen LogP contribution in [-0.4, -0.2) is 214 Å². The SMILES string of the molecule is C=C(C[S-])[N-]CCN(CC[S-])C(C)C.CC(C)N(CC[S-])CC[N-]CC[S-].CC(C)N1CCC[C@H]([N-]CC[S-])CC1.CC(C)N1CC[C@H]([N-]CC[S-])C1.C[N-]CC[S-].C[N-]CC[S-].[O]=[Tc+4].[O]=[Tc+4].[O]=[Tc+4].[O]=[Tc+4]. The van der Waals surface area contributed by atoms with Crippen molar-refractivity contribution in [2.45, 2.75) is 117 Å². The summed E-state index contributed by atoms with van der Waals surface area (Å²) in [4.78, 5) is 9.73. The Labute approximate surface area is 524 Å². The fraction of sp³-hybridized carbons (Fsp3) is 0.956. The van der Waals surface area contributed by atoms with Gasteiger partial charge in [-0.2, -0.15) is 98.5 Å². The predicted molar refractivity (Wildman–Crippen MR) is 309 cm³/mol. The van der Waals surface area contributed by atoms with Crippen LogP contribution in [0.2, 0.25) is 0 Å². The number of rotatable bonds is 28. The molecule has 0 aromatic carbocycles. The van der Waals surface area contributed by atoms with E-state index in [4.69, 9.17) is 89.8 Å². The van der Waals surface area contributed by atoms with Crippen molar-refractivity contribution in [1.29, 1.82) is 0 Å². The molecule has 2 atom stereocenters. The Bertz CT molecular complexity index is 990. The van der Waals surface area contributed by atoms with Crippen molar-refractivity contribution >= 4 is 101 Å². The van der Waals surface area contributed by atoms with Crippen LogP contribution in [0.1, 0.15) is 81.1 Å². The fourth-order valence-corrected chi connectivity index (χ4v) is 7.35. The first-order chi connectivity index (χ1) is 34.1. The molecular formula is C45H92N10O4S8Tc4+2. The van der Waals surface area contributed by atoms with Crippen LogP contribution in [0.15, 0.2) is 12.3 Å². The third kappa shape index (κ3) is 73.8. The van der Waals surface area contributed by atoms with Gasteiger partial charge in [-0.3, -0.25) is 0 Å². The molecule has 71 heavy (non-hydrogen) atoms. The van der Waals surface area contributed by atoms with Crippen molar-refractivity contribution in [2.75, 3.05) is 158 Å². The van der Waals surface area contributed by atoms with Crippen molar-refractivity contribution in [3.8, 4) is 0 Å². The second-order valence-electron chi connectivity index (χ2n) is 16.1. The quantitative estimate of drug-likeness (QED) is 0.0581. The van der Waals surface area contributed by atoms with Gasteiger partial charge in [0.25, 0.3) is 0 Å². The zero-order chi connectivity index (χ0) is 56.7. The zero-order valence-corrected chi connectivity index (χ0v) is 58.6. The normalized spacial score (nSPS) is 15.1. The maximum absolute atomic E-state index is 8.22. The second kappa shape index (κ2) is 80.3. The number of hydrogen-bond acceptors (Lipinski definition) is 16. The third-order valence-corrected chi connectivity index (χ3v) is 11.5. The van der Waals surface area contributed by atoms with E-state index in [-0.39, 0.29) is 0 Å². The van der Waals surface area contributed by atoms with Crippen molar-refractivity contribution < 1.29 is 89.4 Å². The Balaban J connectivity index is -0.000000112. The van der Waals surface area contributed by atoms with Gasteiger partial charge in [0.05, 0.1) is 0 Å². The molecule has 2 fully saturated rings. The Morgan fingerprint density at radius 2 is 0.901 bits per heavy atom. The van der Waals surface area contributed by atoms with E-state index >= 15 is 0 Å². The molecule has 0 unspecified atom stereocenters. The van der Waals surface area contributed by atoms with Crippen LogP contribution in [0.25, 0.3) is 31.9 Å². The van der Waals surface area contributed by atoms with E-state index < -0.39 is 0 Å². The van der Waals surface area contributed by atoms with E-state index in [1.807, 2.05) is 0 Å². The van der Waals surface area contributed by atoms with E-state index in [9.17, 15) is 0 Å². The molecule has 0 spiro atoms. The van der Waals surface area contributed by atoms with Crippen LogP contribution >= 0.6 is 0 Å². The zero-order valence-electron chi connectivity index (χ0n) is 44.6. The molecule has 26 heteroatoms. The summed E-state index contributed by atoms with van der Waals surface area (Å²) in [6.07, 6.45) is 5.02. The van der Waals surface area contributed by atoms with E-state index in [1.165, 1.54) is 45.3 Å². The monoisotopic (exact) mass is 1480 g/mol. The van der Waals surface area contributed by atoms with Crippen LogP contribution < -0.4 is 0 Å². The summed E-state index contributed by atoms with van der Waals surface area (Å²) in [6.45, 7) is 36.2. The predicted octanol–water partition coefficient (Wildman–Crippen LogP) is 6.99. The Hall–Kier alpha value is 3.78. The number of hydrogen-bond donors (Lipinski definition) is 0. The molecule has 2 heterocycles. The molecule has 2 rings (SSSR count). The summed E-state index contributed by atoms with van der Waals surface area (Å²) in [5.74, 6) is 5.93. The van der Waals surface area contributed by atoms with E-state index in [0.29, 0.717) is 42.0 Å². The first-order valence-electron chi connectivity index (χ1n) is 23.8. The average Bonchev–Trinajstić information content (AvgIpc) is 3.74. The molecule has 420 valence electrons. The molecule has 0 aromatic rings. The summed E-state index contributed by atoms with van der Waals surface area (Å²) in [5.41, 5.74) is 0.807. The molecule has 0 bridgehead atoms. The summed E-state index contributed by atoms with van der Waals surface area (Å²) in [5, 5.41) is 25.2. The third-order valence-electron chi connectivity index (χ3n) is 9.88. The van der Waals surface area contributed by atoms with Gasteiger partial charge in [0.2, 0.25) is 0 Å². The number of likely N-dealkylation sites (tertiary alicyclic amines) is 2. The summed E-state index contributed by atoms with van der Waals surface area (Å²) in [7, 11) is 3.54. The second-order valence-corrected chi connectivity index (χ2v) is 19.2. The van der Waals surface area contributed by atoms with Crippen LogP contribution in [0.3, 0.4) is 0 Å². The van der Waals surface area contributed by atoms with Crippen molar-refractivity contribution in [3.63, 3.8) is 0 Å². The standard InChI is InChI=1S/C11H23N2S.C10H21N2S2.C9H21N2S2.C9H19N2S.2C3H8NS.4O.4Tc/c1-10(2)13-7-3-4-11(5-8-13)12-6-9-14;1-9(2)12(6-7-13)5-4-11-10(3)8-14;1-9(2)11(6-8-13)5-3-10-4-7-12;1-8(2)11-5-3-9(7-11)10-4-6-12;2*1-4-2-3-5;;;;;;;;/h10-11,14H,3-9H2,1-2H3;9,13-14H,3-8H2,1-2H3;9,12-13H,3-8H2,1-2H3;8-9,12H,3-7H2,1-2H3;2*5H,2-3H2,1H3;;;;;;;;/q6*-1;;;;;4*+4/p-8/t11-;;;9-;;;;;;;;;;/m0..0........../s1. The van der Waals surface area contributed by atoms with Gasteiger partial charge >= 0.3 is 89.4 Å². The molecular weight excluding hydrogens is 1390 g/mol. The molecule has 0 saturated carbocycles. The van der Waals surface area contributed by atoms with Gasteiger partial charge in [0.15, 0.2) is 0 Å². The summed E-state index contributed by atoms with van der Waals surface area (Å²) < 4.78 is 32.9. The average molecular weight is 1490 g/mol. The molecule has 2 saturated heterocycles. The van der Waals surface area contributed by atoms with E-state index in [0.717, 1.165) is 200 Å². The minimum atomic E-state index is 0.530. The maximum atomic E-state index is 8.22. The van der Waals surface area contributed by atoms with Gasteiger partial charge < -0.3 is 153 Å². The summed E-state index contributed by atoms with van der Waals surface area (Å²) in [6, 6.07) is 3.62. The van der Waals surface area contributed by atoms with Crippen molar-refractivity contribution in [1.82, 2.24) is 19.6 Å². The van der Waals surface area contributed by atoms with Gasteiger partial charge in [0, 0.05) is 24.2 Å². The molecule has 0 amide bonds. The van der Waals surface area contributed by atoms with Gasteiger partial charge in [-0.05, 0) is 114 Å². The molecule has 0 aromatic heterocycles. The van der Waals surface area contributed by atoms with E-state index in [2.05, 4.69) is 139 Å². The molecule has 2 aliphatic rings. The van der Waals surface area contributed by atoms with E-state index in [1.54, 1.807) is 14.1 Å². The van der Waals surface area contributed by atoms with Crippen molar-refractivity contribution in [3.05, 3.63) is 44.2 Å². The van der Waals surface area contributed by atoms with Crippen LogP contribution in [0.5, 0.6) is 0 Å². The molecule has 0 aliphatic carbocycles. The topological polar surface area (TPSA) is 166 Å². The first kappa shape index (κ1) is 91.3. The Morgan fingerprint density at radius 3 is 1.24 bits per heavy atom. The fourth-order valence-electron chi connectivity index (χ4n) is 6.09. The molecule has 0 N–H and O–H groups in total. The minimum absolute atomic E-state index is 0.530. The van der Waals surface area contributed by atoms with Crippen molar-refractivity contribution in [2.24, 2.45) is 0 Å². The Kier molecular flexibility index (Phi) is 103. The van der Waals surface area contributed by atoms with Crippen LogP contribution in [0.4, 0.5) is 0 Å². The van der Waals surface area contributed by atoms with Gasteiger partial charge in [-0.1, -0.05) is 19.3 Å². The first-order valence-corrected chi connectivity index (χ1v) is 31.4. The molecule has 2 aliphatic heterocycles. The Morgan fingerprint density at radius 1 is 0.507 bits per heavy atom. The summed E-state index contributed by atoms with van der Waals surface area (Å²) >= 11 is 42.1. The van der Waals surface area contributed by atoms with Gasteiger partial charge in [0.1, 0.15) is 0 Å².